The molecule has 1 N–H and O–H groups in total. The molecule has 0 aliphatic rings. The van der Waals surface area contributed by atoms with E-state index < -0.39 is 10.0 Å². The lowest BCUT2D eigenvalue weighted by Crippen LogP contribution is -2.25. The lowest BCUT2D eigenvalue weighted by Gasteiger charge is -2.11. The lowest BCUT2D eigenvalue weighted by molar-refractivity contribution is 0.391. The molecule has 0 fully saturated rings. The van der Waals surface area contributed by atoms with Crippen LogP contribution in [0.2, 0.25) is 0 Å². The predicted octanol–water partition coefficient (Wildman–Crippen LogP) is 2.59. The van der Waals surface area contributed by atoms with E-state index in [9.17, 15) is 8.42 Å². The molecule has 0 unspecified atom stereocenters. The monoisotopic (exact) mass is 341 g/mol. The minimum Gasteiger partial charge on any atom is -0.497 e. The molecule has 0 radical (unpaired) electrons. The maximum atomic E-state index is 12.1. The van der Waals surface area contributed by atoms with Crippen molar-refractivity contribution < 1.29 is 17.9 Å². The standard InChI is InChI=1S/C15H19NO4S2/c1-11-4-7-15(21-11)22(17,18)16-9-8-12-5-6-13(19-2)10-14(12)20-3/h4-7,10,16H,8-9H2,1-3H3. The molecular formula is C15H19NO4S2. The molecule has 0 aliphatic carbocycles. The van der Waals surface area contributed by atoms with Gasteiger partial charge in [-0.15, -0.1) is 11.3 Å². The Morgan fingerprint density at radius 2 is 1.91 bits per heavy atom. The van der Waals surface area contributed by atoms with Crippen molar-refractivity contribution in [3.05, 3.63) is 40.8 Å². The van der Waals surface area contributed by atoms with E-state index in [0.29, 0.717) is 28.7 Å². The molecular weight excluding hydrogens is 322 g/mol. The summed E-state index contributed by atoms with van der Waals surface area (Å²) in [5.74, 6) is 1.39. The molecule has 5 nitrogen and oxygen atoms in total. The number of ether oxygens (including phenoxy) is 2. The summed E-state index contributed by atoms with van der Waals surface area (Å²) in [6.07, 6.45) is 0.538. The number of nitrogens with one attached hydrogen (secondary N) is 1. The van der Waals surface area contributed by atoms with E-state index in [-0.39, 0.29) is 0 Å². The molecule has 0 bridgehead atoms. The van der Waals surface area contributed by atoms with Gasteiger partial charge >= 0.3 is 0 Å². The SMILES string of the molecule is COc1ccc(CCNS(=O)(=O)c2ccc(C)s2)c(OC)c1. The number of thiophene rings is 1. The molecule has 2 rings (SSSR count). The summed E-state index contributed by atoms with van der Waals surface area (Å²) in [4.78, 5) is 0.970. The third-order valence-corrected chi connectivity index (χ3v) is 6.11. The van der Waals surface area contributed by atoms with Crippen LogP contribution in [0.4, 0.5) is 0 Å². The van der Waals surface area contributed by atoms with E-state index >= 15 is 0 Å². The van der Waals surface area contributed by atoms with Crippen LogP contribution in [0.25, 0.3) is 0 Å². The Hall–Kier alpha value is -1.57. The van der Waals surface area contributed by atoms with Crippen molar-refractivity contribution in [3.63, 3.8) is 0 Å². The third-order valence-electron chi connectivity index (χ3n) is 3.16. The van der Waals surface area contributed by atoms with Crippen LogP contribution in [0.3, 0.4) is 0 Å². The van der Waals surface area contributed by atoms with E-state index in [1.165, 1.54) is 11.3 Å². The van der Waals surface area contributed by atoms with Crippen molar-refractivity contribution >= 4 is 21.4 Å². The van der Waals surface area contributed by atoms with Gasteiger partial charge in [0.1, 0.15) is 15.7 Å². The van der Waals surface area contributed by atoms with Gasteiger partial charge in [-0.3, -0.25) is 0 Å². The normalized spacial score (nSPS) is 11.4. The average Bonchev–Trinajstić information content (AvgIpc) is 2.95. The largest absolute Gasteiger partial charge is 0.497 e. The predicted molar refractivity (Wildman–Crippen MR) is 87.5 cm³/mol. The molecule has 1 aromatic carbocycles. The quantitative estimate of drug-likeness (QED) is 0.841. The summed E-state index contributed by atoms with van der Waals surface area (Å²) < 4.78 is 37.7. The zero-order valence-corrected chi connectivity index (χ0v) is 14.4. The molecule has 0 saturated carbocycles. The zero-order chi connectivity index (χ0) is 16.2. The molecule has 0 amide bonds. The summed E-state index contributed by atoms with van der Waals surface area (Å²) in [6.45, 7) is 2.19. The van der Waals surface area contributed by atoms with Crippen molar-refractivity contribution in [1.29, 1.82) is 0 Å². The number of sulfonamides is 1. The molecule has 0 saturated heterocycles. The Morgan fingerprint density at radius 1 is 1.14 bits per heavy atom. The van der Waals surface area contributed by atoms with Crippen LogP contribution in [0.5, 0.6) is 11.5 Å². The van der Waals surface area contributed by atoms with Crippen LogP contribution in [-0.4, -0.2) is 29.2 Å². The summed E-state index contributed by atoms with van der Waals surface area (Å²) in [7, 11) is -0.270. The van der Waals surface area contributed by atoms with Gasteiger partial charge in [-0.25, -0.2) is 13.1 Å². The van der Waals surface area contributed by atoms with Crippen molar-refractivity contribution in [3.8, 4) is 11.5 Å². The maximum absolute atomic E-state index is 12.1. The summed E-state index contributed by atoms with van der Waals surface area (Å²) in [6, 6.07) is 8.91. The number of aryl methyl sites for hydroxylation is 1. The van der Waals surface area contributed by atoms with Gasteiger partial charge < -0.3 is 9.47 Å². The van der Waals surface area contributed by atoms with Crippen LogP contribution in [-0.2, 0) is 16.4 Å². The number of methoxy groups -OCH3 is 2. The highest BCUT2D eigenvalue weighted by molar-refractivity contribution is 7.91. The highest BCUT2D eigenvalue weighted by Gasteiger charge is 2.15. The van der Waals surface area contributed by atoms with Gasteiger partial charge in [0, 0.05) is 17.5 Å². The minimum absolute atomic E-state index is 0.308. The van der Waals surface area contributed by atoms with Crippen molar-refractivity contribution in [2.75, 3.05) is 20.8 Å². The van der Waals surface area contributed by atoms with Crippen molar-refractivity contribution in [2.24, 2.45) is 0 Å². The third kappa shape index (κ3) is 4.00. The van der Waals surface area contributed by atoms with Crippen LogP contribution in [0, 0.1) is 6.92 Å². The van der Waals surface area contributed by atoms with Crippen molar-refractivity contribution in [2.45, 2.75) is 17.6 Å². The molecule has 7 heteroatoms. The topological polar surface area (TPSA) is 64.6 Å². The second-order valence-electron chi connectivity index (χ2n) is 4.69. The smallest absolute Gasteiger partial charge is 0.250 e. The molecule has 2 aromatic rings. The molecule has 1 aromatic heterocycles. The second kappa shape index (κ2) is 7.13. The van der Waals surface area contributed by atoms with Gasteiger partial charge in [0.2, 0.25) is 10.0 Å². The van der Waals surface area contributed by atoms with Crippen LogP contribution < -0.4 is 14.2 Å². The van der Waals surface area contributed by atoms with Gasteiger partial charge in [-0.2, -0.15) is 0 Å². The van der Waals surface area contributed by atoms with Gasteiger partial charge in [0.15, 0.2) is 0 Å². The Morgan fingerprint density at radius 3 is 2.50 bits per heavy atom. The van der Waals surface area contributed by atoms with E-state index in [1.54, 1.807) is 32.4 Å². The number of benzene rings is 1. The van der Waals surface area contributed by atoms with Gasteiger partial charge in [0.25, 0.3) is 0 Å². The Bertz CT molecular complexity index is 738. The van der Waals surface area contributed by atoms with E-state index in [2.05, 4.69) is 4.72 Å². The van der Waals surface area contributed by atoms with E-state index in [0.717, 1.165) is 10.4 Å². The minimum atomic E-state index is -3.44. The first-order chi connectivity index (χ1) is 10.5. The highest BCUT2D eigenvalue weighted by atomic mass is 32.2. The number of hydrogen-bond acceptors (Lipinski definition) is 5. The molecule has 1 heterocycles. The first kappa shape index (κ1) is 16.8. The summed E-state index contributed by atoms with van der Waals surface area (Å²) in [5, 5.41) is 0. The van der Waals surface area contributed by atoms with Gasteiger partial charge in [-0.05, 0) is 37.1 Å². The first-order valence-electron chi connectivity index (χ1n) is 6.73. The lowest BCUT2D eigenvalue weighted by atomic mass is 10.1. The highest BCUT2D eigenvalue weighted by Crippen LogP contribution is 2.25. The average molecular weight is 341 g/mol. The second-order valence-corrected chi connectivity index (χ2v) is 7.97. The molecule has 0 spiro atoms. The molecule has 22 heavy (non-hydrogen) atoms. The fourth-order valence-electron chi connectivity index (χ4n) is 2.01. The number of rotatable bonds is 7. The number of hydrogen-bond donors (Lipinski definition) is 1. The van der Waals surface area contributed by atoms with Crippen LogP contribution in [0.15, 0.2) is 34.5 Å². The Balaban J connectivity index is 2.02. The Kier molecular flexibility index (Phi) is 5.44. The fraction of sp³-hybridized carbons (Fsp3) is 0.333. The Labute approximate surface area is 134 Å². The first-order valence-corrected chi connectivity index (χ1v) is 9.03. The van der Waals surface area contributed by atoms with Crippen molar-refractivity contribution in [1.82, 2.24) is 4.72 Å². The molecule has 0 atom stereocenters. The van der Waals surface area contributed by atoms with E-state index in [4.69, 9.17) is 9.47 Å². The summed E-state index contributed by atoms with van der Waals surface area (Å²) >= 11 is 1.26. The van der Waals surface area contributed by atoms with Crippen LogP contribution in [0.1, 0.15) is 10.4 Å². The fourth-order valence-corrected chi connectivity index (χ4v) is 4.37. The summed E-state index contributed by atoms with van der Waals surface area (Å²) in [5.41, 5.74) is 0.924. The van der Waals surface area contributed by atoms with Gasteiger partial charge in [-0.1, -0.05) is 6.07 Å². The van der Waals surface area contributed by atoms with E-state index in [1.807, 2.05) is 19.1 Å². The molecule has 0 aliphatic heterocycles. The maximum Gasteiger partial charge on any atom is 0.250 e. The van der Waals surface area contributed by atoms with Gasteiger partial charge in [0.05, 0.1) is 14.2 Å². The molecule has 120 valence electrons. The van der Waals surface area contributed by atoms with Crippen LogP contribution >= 0.6 is 11.3 Å². The zero-order valence-electron chi connectivity index (χ0n) is 12.8.